The van der Waals surface area contributed by atoms with E-state index in [1.54, 1.807) is 0 Å². The maximum absolute atomic E-state index is 9.82. The van der Waals surface area contributed by atoms with Crippen molar-refractivity contribution in [1.29, 1.82) is 5.26 Å². The van der Waals surface area contributed by atoms with Gasteiger partial charge in [-0.1, -0.05) is 50.3 Å². The Bertz CT molecular complexity index is 819. The highest BCUT2D eigenvalue weighted by Crippen LogP contribution is 2.65. The molecule has 0 radical (unpaired) electrons. The molecule has 1 unspecified atom stereocenters. The van der Waals surface area contributed by atoms with E-state index in [0.717, 1.165) is 20.5 Å². The molecule has 1 aliphatic rings. The Morgan fingerprint density at radius 3 is 2.44 bits per heavy atom. The minimum absolute atomic E-state index is 0.101. The predicted molar refractivity (Wildman–Crippen MR) is 108 cm³/mol. The molecule has 3 atom stereocenters. The second-order valence-electron chi connectivity index (χ2n) is 6.92. The minimum Gasteiger partial charge on any atom is -0.457 e. The monoisotopic (exact) mass is 459 g/mol. The molecule has 25 heavy (non-hydrogen) atoms. The third-order valence-electron chi connectivity index (χ3n) is 5.00. The van der Waals surface area contributed by atoms with Crippen LogP contribution in [0.5, 0.6) is 11.5 Å². The van der Waals surface area contributed by atoms with Crippen LogP contribution < -0.4 is 4.74 Å². The van der Waals surface area contributed by atoms with Gasteiger partial charge < -0.3 is 4.74 Å². The number of para-hydroxylation sites is 1. The van der Waals surface area contributed by atoms with E-state index in [4.69, 9.17) is 4.74 Å². The molecule has 0 heterocycles. The molecule has 0 aliphatic heterocycles. The lowest BCUT2D eigenvalue weighted by atomic mass is 9.91. The molecule has 2 aromatic carbocycles. The first-order chi connectivity index (χ1) is 11.9. The van der Waals surface area contributed by atoms with Crippen LogP contribution in [0.15, 0.2) is 64.1 Å². The molecule has 0 bridgehead atoms. The molecule has 0 amide bonds. The SMILES string of the molecule is CC1(C)[C@H](C(C#N)c2cccc(Oc3ccccc3)c2)[C@@H]1C=C(Br)Br. The van der Waals surface area contributed by atoms with E-state index in [0.29, 0.717) is 5.92 Å². The van der Waals surface area contributed by atoms with Gasteiger partial charge in [0.15, 0.2) is 0 Å². The Hall–Kier alpha value is -1.57. The smallest absolute Gasteiger partial charge is 0.127 e. The van der Waals surface area contributed by atoms with Gasteiger partial charge in [-0.3, -0.25) is 0 Å². The zero-order valence-corrected chi connectivity index (χ0v) is 17.3. The highest BCUT2D eigenvalue weighted by molar-refractivity contribution is 9.28. The maximum Gasteiger partial charge on any atom is 0.127 e. The number of benzene rings is 2. The van der Waals surface area contributed by atoms with Crippen molar-refractivity contribution in [2.75, 3.05) is 0 Å². The summed E-state index contributed by atoms with van der Waals surface area (Å²) in [5.74, 6) is 2.05. The fourth-order valence-corrected chi connectivity index (χ4v) is 4.14. The Labute approximate surface area is 165 Å². The van der Waals surface area contributed by atoms with Crippen molar-refractivity contribution < 1.29 is 4.74 Å². The third-order valence-corrected chi connectivity index (χ3v) is 5.52. The van der Waals surface area contributed by atoms with Gasteiger partial charge in [0, 0.05) is 0 Å². The predicted octanol–water partition coefficient (Wildman–Crippen LogP) is 6.99. The van der Waals surface area contributed by atoms with Crippen LogP contribution in [0.1, 0.15) is 25.3 Å². The third kappa shape index (κ3) is 3.99. The normalized spacial score (nSPS) is 21.7. The molecule has 0 N–H and O–H groups in total. The van der Waals surface area contributed by atoms with Gasteiger partial charge in [-0.25, -0.2) is 0 Å². The number of allylic oxidation sites excluding steroid dienone is 1. The van der Waals surface area contributed by atoms with Crippen LogP contribution >= 0.6 is 31.9 Å². The Morgan fingerprint density at radius 2 is 1.80 bits per heavy atom. The number of halogens is 2. The van der Waals surface area contributed by atoms with Gasteiger partial charge in [-0.2, -0.15) is 5.26 Å². The molecule has 1 fully saturated rings. The fourth-order valence-electron chi connectivity index (χ4n) is 3.57. The average molecular weight is 461 g/mol. The second kappa shape index (κ2) is 7.35. The van der Waals surface area contributed by atoms with Gasteiger partial charge in [0.05, 0.1) is 15.4 Å². The fraction of sp³-hybridized carbons (Fsp3) is 0.286. The van der Waals surface area contributed by atoms with Crippen molar-refractivity contribution in [2.45, 2.75) is 19.8 Å². The molecule has 2 aromatic rings. The first kappa shape index (κ1) is 18.2. The van der Waals surface area contributed by atoms with Crippen LogP contribution in [0, 0.1) is 28.6 Å². The summed E-state index contributed by atoms with van der Waals surface area (Å²) in [4.78, 5) is 0. The van der Waals surface area contributed by atoms with E-state index in [-0.39, 0.29) is 17.3 Å². The molecule has 2 nitrogen and oxygen atoms in total. The number of nitriles is 1. The zero-order chi connectivity index (χ0) is 18.0. The number of hydrogen-bond acceptors (Lipinski definition) is 2. The Morgan fingerprint density at radius 1 is 1.12 bits per heavy atom. The van der Waals surface area contributed by atoms with Crippen LogP contribution in [0.2, 0.25) is 0 Å². The zero-order valence-electron chi connectivity index (χ0n) is 14.1. The van der Waals surface area contributed by atoms with Crippen LogP contribution in [-0.4, -0.2) is 0 Å². The van der Waals surface area contributed by atoms with Gasteiger partial charge in [-0.05, 0) is 78.9 Å². The molecule has 128 valence electrons. The van der Waals surface area contributed by atoms with Crippen molar-refractivity contribution in [3.8, 4) is 17.6 Å². The largest absolute Gasteiger partial charge is 0.457 e. The molecule has 3 rings (SSSR count). The Balaban J connectivity index is 1.84. The highest BCUT2D eigenvalue weighted by atomic mass is 79.9. The summed E-state index contributed by atoms with van der Waals surface area (Å²) in [6, 6.07) is 20.1. The molecule has 0 spiro atoms. The lowest BCUT2D eigenvalue weighted by Crippen LogP contribution is -2.03. The molecular weight excluding hydrogens is 442 g/mol. The number of ether oxygens (including phenoxy) is 1. The summed E-state index contributed by atoms with van der Waals surface area (Å²) in [7, 11) is 0. The van der Waals surface area contributed by atoms with E-state index in [9.17, 15) is 5.26 Å². The van der Waals surface area contributed by atoms with Gasteiger partial charge in [-0.15, -0.1) is 0 Å². The van der Waals surface area contributed by atoms with Crippen LogP contribution in [0.3, 0.4) is 0 Å². The number of nitrogens with zero attached hydrogens (tertiary/aromatic N) is 1. The van der Waals surface area contributed by atoms with Gasteiger partial charge in [0.1, 0.15) is 11.5 Å². The minimum atomic E-state index is -0.157. The van der Waals surface area contributed by atoms with Crippen molar-refractivity contribution in [1.82, 2.24) is 0 Å². The topological polar surface area (TPSA) is 33.0 Å². The number of rotatable bonds is 5. The lowest BCUT2D eigenvalue weighted by molar-refractivity contribution is 0.479. The summed E-state index contributed by atoms with van der Waals surface area (Å²) in [6.45, 7) is 4.44. The Kier molecular flexibility index (Phi) is 5.36. The van der Waals surface area contributed by atoms with E-state index in [1.807, 2.05) is 54.6 Å². The van der Waals surface area contributed by atoms with E-state index >= 15 is 0 Å². The van der Waals surface area contributed by atoms with Gasteiger partial charge in [0.2, 0.25) is 0 Å². The van der Waals surface area contributed by atoms with Gasteiger partial charge in [0.25, 0.3) is 0 Å². The van der Waals surface area contributed by atoms with Crippen molar-refractivity contribution in [3.63, 3.8) is 0 Å². The molecule has 0 saturated heterocycles. The van der Waals surface area contributed by atoms with Crippen LogP contribution in [0.4, 0.5) is 0 Å². The molecule has 4 heteroatoms. The molecule has 1 aliphatic carbocycles. The summed E-state index contributed by atoms with van der Waals surface area (Å²) in [6.07, 6.45) is 2.15. The second-order valence-corrected chi connectivity index (χ2v) is 9.70. The molecular formula is C21H19Br2NO. The van der Waals surface area contributed by atoms with E-state index in [2.05, 4.69) is 57.9 Å². The summed E-state index contributed by atoms with van der Waals surface area (Å²) < 4.78 is 6.86. The maximum atomic E-state index is 9.82. The first-order valence-corrected chi connectivity index (χ1v) is 9.77. The first-order valence-electron chi connectivity index (χ1n) is 8.19. The molecule has 0 aromatic heterocycles. The van der Waals surface area contributed by atoms with E-state index in [1.165, 1.54) is 0 Å². The number of hydrogen-bond donors (Lipinski definition) is 0. The quantitative estimate of drug-likeness (QED) is 0.481. The standard InChI is InChI=1S/C21H19Br2NO/c1-21(2)18(12-19(22)23)20(21)17(13-24)14-7-6-10-16(11-14)25-15-8-4-3-5-9-15/h3-12,17-18,20H,1-2H3/t17?,18-,20+/m0/s1. The van der Waals surface area contributed by atoms with Crippen molar-refractivity contribution in [2.24, 2.45) is 17.3 Å². The summed E-state index contributed by atoms with van der Waals surface area (Å²) >= 11 is 6.89. The highest BCUT2D eigenvalue weighted by Gasteiger charge is 2.60. The van der Waals surface area contributed by atoms with Gasteiger partial charge >= 0.3 is 0 Å². The van der Waals surface area contributed by atoms with Crippen molar-refractivity contribution >= 4 is 31.9 Å². The van der Waals surface area contributed by atoms with Crippen LogP contribution in [0.25, 0.3) is 0 Å². The lowest BCUT2D eigenvalue weighted by Gasteiger charge is -2.13. The van der Waals surface area contributed by atoms with Crippen LogP contribution in [-0.2, 0) is 0 Å². The summed E-state index contributed by atoms with van der Waals surface area (Å²) in [5, 5.41) is 9.82. The van der Waals surface area contributed by atoms with Crippen molar-refractivity contribution in [3.05, 3.63) is 69.6 Å². The summed E-state index contributed by atoms with van der Waals surface area (Å²) in [5.41, 5.74) is 1.11. The van der Waals surface area contributed by atoms with E-state index < -0.39 is 0 Å². The average Bonchev–Trinajstić information content (AvgIpc) is 3.09. The molecule has 1 saturated carbocycles.